The van der Waals surface area contributed by atoms with E-state index < -0.39 is 10.0 Å². The summed E-state index contributed by atoms with van der Waals surface area (Å²) in [4.78, 5) is 24.1. The summed E-state index contributed by atoms with van der Waals surface area (Å²) in [5.74, 6) is -0.383. The van der Waals surface area contributed by atoms with Gasteiger partial charge in [0.2, 0.25) is 15.9 Å². The van der Waals surface area contributed by atoms with Crippen LogP contribution in [-0.4, -0.2) is 56.0 Å². The van der Waals surface area contributed by atoms with Crippen molar-refractivity contribution in [2.75, 3.05) is 30.7 Å². The van der Waals surface area contributed by atoms with Crippen molar-refractivity contribution in [2.45, 2.75) is 31.7 Å². The van der Waals surface area contributed by atoms with Crippen LogP contribution in [0.5, 0.6) is 0 Å². The highest BCUT2D eigenvalue weighted by molar-refractivity contribution is 7.89. The van der Waals surface area contributed by atoms with E-state index >= 15 is 0 Å². The number of carbonyl (C=O) groups is 2. The largest absolute Gasteiger partial charge is 0.349 e. The van der Waals surface area contributed by atoms with Gasteiger partial charge in [0.15, 0.2) is 0 Å². The number of carbonyl (C=O) groups excluding carboxylic acids is 2. The first-order chi connectivity index (χ1) is 12.8. The van der Waals surface area contributed by atoms with Crippen LogP contribution in [-0.2, 0) is 21.2 Å². The van der Waals surface area contributed by atoms with Crippen LogP contribution >= 0.6 is 11.6 Å². The Morgan fingerprint density at radius 1 is 1.33 bits per heavy atom. The van der Waals surface area contributed by atoms with Crippen LogP contribution in [0.15, 0.2) is 12.1 Å². The Hall–Kier alpha value is -1.68. The molecule has 0 bridgehead atoms. The number of nitrogens with one attached hydrogen (secondary N) is 2. The summed E-state index contributed by atoms with van der Waals surface area (Å²) in [6, 6.07) is 3.10. The standard InChI is InChI=1S/C17H23ClN4O4S/c18-14-10-15-11(9-16(23)21-15)8-13(14)17(24)20-12-2-5-22(6-3-12)27(25,26)7-1-4-19/h8,10,12H,1-7,9,19H2,(H,20,24)(H,21,23). The number of fused-ring (bicyclic) bond motifs is 1. The topological polar surface area (TPSA) is 122 Å². The maximum atomic E-state index is 12.6. The monoisotopic (exact) mass is 414 g/mol. The molecular formula is C17H23ClN4O4S. The van der Waals surface area contributed by atoms with Gasteiger partial charge in [-0.2, -0.15) is 0 Å². The summed E-state index contributed by atoms with van der Waals surface area (Å²) in [5.41, 5.74) is 7.09. The summed E-state index contributed by atoms with van der Waals surface area (Å²) >= 11 is 6.19. The second-order valence-corrected chi connectivity index (χ2v) is 9.31. The molecule has 0 spiro atoms. The molecule has 10 heteroatoms. The number of rotatable bonds is 6. The first kappa shape index (κ1) is 20.1. The van der Waals surface area contributed by atoms with Crippen LogP contribution in [0.3, 0.4) is 0 Å². The molecule has 1 fully saturated rings. The van der Waals surface area contributed by atoms with E-state index in [1.54, 1.807) is 12.1 Å². The minimum absolute atomic E-state index is 0.0536. The number of hydrogen-bond acceptors (Lipinski definition) is 5. The quantitative estimate of drug-likeness (QED) is 0.632. The molecule has 2 aliphatic rings. The Bertz CT molecular complexity index is 851. The zero-order valence-corrected chi connectivity index (χ0v) is 16.4. The predicted octanol–water partition coefficient (Wildman–Crippen LogP) is 0.707. The molecule has 3 rings (SSSR count). The zero-order valence-electron chi connectivity index (χ0n) is 14.8. The summed E-state index contributed by atoms with van der Waals surface area (Å²) in [6.45, 7) is 1.08. The Morgan fingerprint density at radius 2 is 2.04 bits per heavy atom. The summed E-state index contributed by atoms with van der Waals surface area (Å²) in [5, 5.41) is 5.89. The lowest BCUT2D eigenvalue weighted by Crippen LogP contribution is -2.47. The van der Waals surface area contributed by atoms with Crippen molar-refractivity contribution in [3.8, 4) is 0 Å². The number of hydrogen-bond donors (Lipinski definition) is 3. The summed E-state index contributed by atoms with van der Waals surface area (Å²) in [7, 11) is -3.29. The Kier molecular flexibility index (Phi) is 6.05. The number of nitrogens with zero attached hydrogens (tertiary/aromatic N) is 1. The number of benzene rings is 1. The molecule has 0 unspecified atom stereocenters. The fraction of sp³-hybridized carbons (Fsp3) is 0.529. The van der Waals surface area contributed by atoms with Gasteiger partial charge in [-0.15, -0.1) is 0 Å². The van der Waals surface area contributed by atoms with Crippen LogP contribution in [0.1, 0.15) is 35.2 Å². The van der Waals surface area contributed by atoms with Gasteiger partial charge in [0.25, 0.3) is 5.91 Å². The molecule has 0 aromatic heterocycles. The first-order valence-corrected chi connectivity index (χ1v) is 10.9. The number of amides is 2. The Balaban J connectivity index is 1.59. The lowest BCUT2D eigenvalue weighted by Gasteiger charge is -2.31. The molecule has 0 radical (unpaired) electrons. The zero-order chi connectivity index (χ0) is 19.6. The van der Waals surface area contributed by atoms with Crippen LogP contribution in [0, 0.1) is 0 Å². The third-order valence-electron chi connectivity index (χ3n) is 4.85. The summed E-state index contributed by atoms with van der Waals surface area (Å²) in [6.07, 6.45) is 1.74. The highest BCUT2D eigenvalue weighted by Gasteiger charge is 2.29. The van der Waals surface area contributed by atoms with Crippen molar-refractivity contribution >= 4 is 39.1 Å². The number of halogens is 1. The highest BCUT2D eigenvalue weighted by atomic mass is 35.5. The molecule has 1 aromatic carbocycles. The van der Waals surface area contributed by atoms with E-state index in [4.69, 9.17) is 17.3 Å². The second-order valence-electron chi connectivity index (χ2n) is 6.82. The molecular weight excluding hydrogens is 392 g/mol. The van der Waals surface area contributed by atoms with Gasteiger partial charge in [-0.05, 0) is 43.5 Å². The maximum absolute atomic E-state index is 12.6. The first-order valence-electron chi connectivity index (χ1n) is 8.91. The van der Waals surface area contributed by atoms with E-state index in [2.05, 4.69) is 10.6 Å². The molecule has 1 saturated heterocycles. The molecule has 2 aliphatic heterocycles. The highest BCUT2D eigenvalue weighted by Crippen LogP contribution is 2.30. The Labute approximate surface area is 163 Å². The van der Waals surface area contributed by atoms with Crippen LogP contribution in [0.25, 0.3) is 0 Å². The van der Waals surface area contributed by atoms with Gasteiger partial charge in [0.05, 0.1) is 22.8 Å². The van der Waals surface area contributed by atoms with Gasteiger partial charge < -0.3 is 16.4 Å². The van der Waals surface area contributed by atoms with Crippen LogP contribution in [0.4, 0.5) is 5.69 Å². The second kappa shape index (κ2) is 8.14. The Morgan fingerprint density at radius 3 is 2.70 bits per heavy atom. The lowest BCUT2D eigenvalue weighted by atomic mass is 10.0. The average molecular weight is 415 g/mol. The minimum atomic E-state index is -3.29. The van der Waals surface area contributed by atoms with Crippen molar-refractivity contribution in [1.29, 1.82) is 0 Å². The molecule has 1 aromatic rings. The van der Waals surface area contributed by atoms with Gasteiger partial charge in [0.1, 0.15) is 0 Å². The smallest absolute Gasteiger partial charge is 0.253 e. The molecule has 0 atom stereocenters. The van der Waals surface area contributed by atoms with Gasteiger partial charge in [-0.3, -0.25) is 9.59 Å². The molecule has 2 heterocycles. The molecule has 2 amide bonds. The van der Waals surface area contributed by atoms with E-state index in [0.717, 1.165) is 5.56 Å². The van der Waals surface area contributed by atoms with E-state index in [9.17, 15) is 18.0 Å². The normalized spacial score (nSPS) is 18.2. The van der Waals surface area contributed by atoms with E-state index in [1.807, 2.05) is 0 Å². The molecule has 0 saturated carbocycles. The third kappa shape index (κ3) is 4.60. The van der Waals surface area contributed by atoms with Crippen LogP contribution < -0.4 is 16.4 Å². The average Bonchev–Trinajstić information content (AvgIpc) is 2.98. The van der Waals surface area contributed by atoms with Gasteiger partial charge in [-0.25, -0.2) is 12.7 Å². The van der Waals surface area contributed by atoms with Crippen LogP contribution in [0.2, 0.25) is 5.02 Å². The fourth-order valence-corrected chi connectivity index (χ4v) is 5.16. The summed E-state index contributed by atoms with van der Waals surface area (Å²) < 4.78 is 25.9. The fourth-order valence-electron chi connectivity index (χ4n) is 3.36. The third-order valence-corrected chi connectivity index (χ3v) is 7.12. The predicted molar refractivity (Wildman–Crippen MR) is 103 cm³/mol. The molecule has 0 aliphatic carbocycles. The van der Waals surface area contributed by atoms with Crippen molar-refractivity contribution in [3.05, 3.63) is 28.3 Å². The lowest BCUT2D eigenvalue weighted by molar-refractivity contribution is -0.115. The molecule has 148 valence electrons. The molecule has 4 N–H and O–H groups in total. The van der Waals surface area contributed by atoms with Gasteiger partial charge >= 0.3 is 0 Å². The van der Waals surface area contributed by atoms with Crippen molar-refractivity contribution in [3.63, 3.8) is 0 Å². The van der Waals surface area contributed by atoms with E-state index in [1.165, 1.54) is 4.31 Å². The molecule has 8 nitrogen and oxygen atoms in total. The number of nitrogens with two attached hydrogens (primary N) is 1. The number of piperidine rings is 1. The van der Waals surface area contributed by atoms with Gasteiger partial charge in [0, 0.05) is 24.8 Å². The number of anilines is 1. The van der Waals surface area contributed by atoms with E-state index in [0.29, 0.717) is 50.1 Å². The minimum Gasteiger partial charge on any atom is -0.349 e. The molecule has 27 heavy (non-hydrogen) atoms. The number of sulfonamides is 1. The van der Waals surface area contributed by atoms with Crippen molar-refractivity contribution in [1.82, 2.24) is 9.62 Å². The van der Waals surface area contributed by atoms with Gasteiger partial charge in [-0.1, -0.05) is 11.6 Å². The van der Waals surface area contributed by atoms with Crippen molar-refractivity contribution < 1.29 is 18.0 Å². The van der Waals surface area contributed by atoms with E-state index in [-0.39, 0.29) is 35.1 Å². The van der Waals surface area contributed by atoms with Crippen molar-refractivity contribution in [2.24, 2.45) is 5.73 Å². The maximum Gasteiger partial charge on any atom is 0.253 e. The SMILES string of the molecule is NCCCS(=O)(=O)N1CCC(NC(=O)c2cc3c(cc2Cl)NC(=O)C3)CC1.